The summed E-state index contributed by atoms with van der Waals surface area (Å²) in [4.78, 5) is 13.4. The maximum absolute atomic E-state index is 11.5. The highest BCUT2D eigenvalue weighted by Gasteiger charge is 2.42. The van der Waals surface area contributed by atoms with Gasteiger partial charge in [-0.15, -0.1) is 22.9 Å². The fourth-order valence-electron chi connectivity index (χ4n) is 1.99. The van der Waals surface area contributed by atoms with Crippen LogP contribution < -0.4 is 0 Å². The number of alkyl halides is 1. The maximum atomic E-state index is 11.5. The van der Waals surface area contributed by atoms with Crippen molar-refractivity contribution in [3.8, 4) is 0 Å². The average molecular weight is 261 g/mol. The molecule has 0 aromatic carbocycles. The molecule has 1 aromatic rings. The fourth-order valence-corrected chi connectivity index (χ4v) is 3.34. The van der Waals surface area contributed by atoms with Crippen molar-refractivity contribution in [1.82, 2.24) is 0 Å². The molecule has 0 bridgehead atoms. The third kappa shape index (κ3) is 1.97. The summed E-state index contributed by atoms with van der Waals surface area (Å²) in [5.74, 6) is -0.310. The van der Waals surface area contributed by atoms with Gasteiger partial charge in [-0.1, -0.05) is 0 Å². The zero-order valence-electron chi connectivity index (χ0n) is 8.74. The minimum Gasteiger partial charge on any atom is -0.481 e. The van der Waals surface area contributed by atoms with Crippen LogP contribution in [0.15, 0.2) is 12.1 Å². The lowest BCUT2D eigenvalue weighted by atomic mass is 9.79. The maximum Gasteiger partial charge on any atom is 0.315 e. The summed E-state index contributed by atoms with van der Waals surface area (Å²) in [5, 5.41) is 9.44. The summed E-state index contributed by atoms with van der Waals surface area (Å²) >= 11 is 7.24. The monoisotopic (exact) mass is 260 g/mol. The van der Waals surface area contributed by atoms with Gasteiger partial charge >= 0.3 is 5.97 Å². The second-order valence-corrected chi connectivity index (χ2v) is 5.33. The highest BCUT2D eigenvalue weighted by molar-refractivity contribution is 7.12. The van der Waals surface area contributed by atoms with Crippen LogP contribution in [0, 0.1) is 0 Å². The van der Waals surface area contributed by atoms with E-state index in [0.717, 1.165) is 9.75 Å². The Morgan fingerprint density at radius 3 is 2.69 bits per heavy atom. The Labute approximate surface area is 103 Å². The summed E-state index contributed by atoms with van der Waals surface area (Å²) in [5.41, 5.74) is -0.757. The number of halogens is 1. The second-order valence-electron chi connectivity index (χ2n) is 3.90. The number of rotatable bonds is 3. The molecule has 0 atom stereocenters. The minimum absolute atomic E-state index is 0.441. The van der Waals surface area contributed by atoms with E-state index in [2.05, 4.69) is 0 Å². The van der Waals surface area contributed by atoms with Gasteiger partial charge in [0.25, 0.3) is 0 Å². The van der Waals surface area contributed by atoms with Crippen molar-refractivity contribution < 1.29 is 14.6 Å². The predicted molar refractivity (Wildman–Crippen MR) is 63.2 cm³/mol. The lowest BCUT2D eigenvalue weighted by Gasteiger charge is -2.32. The molecular weight excluding hydrogens is 248 g/mol. The van der Waals surface area contributed by atoms with Crippen LogP contribution in [-0.2, 0) is 20.8 Å². The zero-order chi connectivity index (χ0) is 11.6. The topological polar surface area (TPSA) is 46.5 Å². The van der Waals surface area contributed by atoms with Gasteiger partial charge in [-0.2, -0.15) is 0 Å². The molecule has 0 spiro atoms. The van der Waals surface area contributed by atoms with Gasteiger partial charge in [0, 0.05) is 23.0 Å². The Morgan fingerprint density at radius 1 is 1.50 bits per heavy atom. The minimum atomic E-state index is -0.757. The molecule has 1 fully saturated rings. The summed E-state index contributed by atoms with van der Waals surface area (Å²) in [6.07, 6.45) is 1.09. The van der Waals surface area contributed by atoms with Crippen molar-refractivity contribution in [2.45, 2.75) is 24.1 Å². The van der Waals surface area contributed by atoms with Crippen LogP contribution in [0.2, 0.25) is 0 Å². The van der Waals surface area contributed by atoms with Crippen molar-refractivity contribution in [1.29, 1.82) is 0 Å². The van der Waals surface area contributed by atoms with Crippen LogP contribution in [-0.4, -0.2) is 24.3 Å². The van der Waals surface area contributed by atoms with Crippen molar-refractivity contribution in [2.75, 3.05) is 13.2 Å². The van der Waals surface area contributed by atoms with E-state index in [1.165, 1.54) is 11.3 Å². The van der Waals surface area contributed by atoms with Crippen molar-refractivity contribution in [3.05, 3.63) is 21.9 Å². The summed E-state index contributed by atoms with van der Waals surface area (Å²) in [6.45, 7) is 1.03. The lowest BCUT2D eigenvalue weighted by molar-refractivity contribution is -0.147. The molecule has 0 aliphatic carbocycles. The molecule has 16 heavy (non-hydrogen) atoms. The zero-order valence-corrected chi connectivity index (χ0v) is 10.3. The number of thiophene rings is 1. The van der Waals surface area contributed by atoms with Gasteiger partial charge in [-0.05, 0) is 25.0 Å². The summed E-state index contributed by atoms with van der Waals surface area (Å²) < 4.78 is 5.24. The van der Waals surface area contributed by atoms with Gasteiger partial charge in [0.15, 0.2) is 0 Å². The van der Waals surface area contributed by atoms with Gasteiger partial charge in [0.1, 0.15) is 5.41 Å². The smallest absolute Gasteiger partial charge is 0.315 e. The molecular formula is C11H13ClO3S. The lowest BCUT2D eigenvalue weighted by Crippen LogP contribution is -2.40. The summed E-state index contributed by atoms with van der Waals surface area (Å²) in [7, 11) is 0. The molecule has 2 rings (SSSR count). The van der Waals surface area contributed by atoms with Gasteiger partial charge in [0.05, 0.1) is 5.88 Å². The number of hydrogen-bond acceptors (Lipinski definition) is 3. The van der Waals surface area contributed by atoms with Gasteiger partial charge in [-0.25, -0.2) is 0 Å². The third-order valence-corrected chi connectivity index (χ3v) is 4.76. The number of carbonyl (C=O) groups is 1. The van der Waals surface area contributed by atoms with Crippen LogP contribution >= 0.6 is 22.9 Å². The number of carboxylic acids is 1. The Hall–Kier alpha value is -0.580. The van der Waals surface area contributed by atoms with Gasteiger partial charge in [-0.3, -0.25) is 4.79 Å². The Morgan fingerprint density at radius 2 is 2.19 bits per heavy atom. The largest absolute Gasteiger partial charge is 0.481 e. The molecule has 1 aromatic heterocycles. The standard InChI is InChI=1S/C11H13ClO3S/c12-7-8-1-2-9(16-8)11(10(13)14)3-5-15-6-4-11/h1-2H,3-7H2,(H,13,14). The second kappa shape index (κ2) is 4.73. The average Bonchev–Trinajstić information content (AvgIpc) is 2.78. The van der Waals surface area contributed by atoms with E-state index in [1.54, 1.807) is 0 Å². The molecule has 1 N–H and O–H groups in total. The third-order valence-electron chi connectivity index (χ3n) is 3.02. The first-order chi connectivity index (χ1) is 7.69. The van der Waals surface area contributed by atoms with Crippen LogP contribution in [0.25, 0.3) is 0 Å². The van der Waals surface area contributed by atoms with E-state index >= 15 is 0 Å². The SMILES string of the molecule is O=C(O)C1(c2ccc(CCl)s2)CCOCC1. The molecule has 0 radical (unpaired) electrons. The normalized spacial score (nSPS) is 19.6. The molecule has 0 saturated carbocycles. The molecule has 5 heteroatoms. The van der Waals surface area contributed by atoms with E-state index in [-0.39, 0.29) is 0 Å². The van der Waals surface area contributed by atoms with Crippen LogP contribution in [0.5, 0.6) is 0 Å². The molecule has 88 valence electrons. The highest BCUT2D eigenvalue weighted by Crippen LogP contribution is 2.39. The molecule has 1 aliphatic rings. The quantitative estimate of drug-likeness (QED) is 0.850. The summed E-state index contributed by atoms with van der Waals surface area (Å²) in [6, 6.07) is 3.80. The first kappa shape index (κ1) is 11.9. The predicted octanol–water partition coefficient (Wildman–Crippen LogP) is 2.62. The molecule has 1 saturated heterocycles. The molecule has 3 nitrogen and oxygen atoms in total. The van der Waals surface area contributed by atoms with Crippen molar-refractivity contribution in [2.24, 2.45) is 0 Å². The number of aliphatic carboxylic acids is 1. The number of carboxylic acid groups (broad SMARTS) is 1. The molecule has 0 amide bonds. The van der Waals surface area contributed by atoms with Crippen molar-refractivity contribution in [3.63, 3.8) is 0 Å². The van der Waals surface area contributed by atoms with E-state index in [0.29, 0.717) is 31.9 Å². The van der Waals surface area contributed by atoms with E-state index in [1.807, 2.05) is 12.1 Å². The fraction of sp³-hybridized carbons (Fsp3) is 0.545. The van der Waals surface area contributed by atoms with E-state index < -0.39 is 11.4 Å². The van der Waals surface area contributed by atoms with Gasteiger partial charge in [0.2, 0.25) is 0 Å². The molecule has 0 unspecified atom stereocenters. The van der Waals surface area contributed by atoms with E-state index in [9.17, 15) is 9.90 Å². The first-order valence-electron chi connectivity index (χ1n) is 5.15. The molecule has 2 heterocycles. The highest BCUT2D eigenvalue weighted by atomic mass is 35.5. The first-order valence-corrected chi connectivity index (χ1v) is 6.50. The Bertz CT molecular complexity index is 382. The van der Waals surface area contributed by atoms with Crippen LogP contribution in [0.3, 0.4) is 0 Å². The molecule has 1 aliphatic heterocycles. The number of ether oxygens (including phenoxy) is 1. The van der Waals surface area contributed by atoms with Crippen LogP contribution in [0.4, 0.5) is 0 Å². The van der Waals surface area contributed by atoms with Gasteiger partial charge < -0.3 is 9.84 Å². The van der Waals surface area contributed by atoms with Crippen molar-refractivity contribution >= 4 is 28.9 Å². The van der Waals surface area contributed by atoms with Crippen LogP contribution in [0.1, 0.15) is 22.6 Å². The number of hydrogen-bond donors (Lipinski definition) is 1. The van der Waals surface area contributed by atoms with E-state index in [4.69, 9.17) is 16.3 Å². The Balaban J connectivity index is 2.34. The Kier molecular flexibility index (Phi) is 3.52.